The summed E-state index contributed by atoms with van der Waals surface area (Å²) in [5, 5.41) is 8.72. The molecule has 0 aromatic heterocycles. The van der Waals surface area contributed by atoms with Crippen molar-refractivity contribution in [2.24, 2.45) is 0 Å². The second kappa shape index (κ2) is 6.05. The number of hydrogen-bond acceptors (Lipinski definition) is 4. The van der Waals surface area contributed by atoms with Crippen LogP contribution in [0.2, 0.25) is 0 Å². The van der Waals surface area contributed by atoms with Crippen molar-refractivity contribution >= 4 is 53.3 Å². The Balaban J connectivity index is 2.41. The molecule has 0 bridgehead atoms. The molecule has 3 N–H and O–H groups in total. The number of nitrogens with two attached hydrogens (primary N) is 1. The smallest absolute Gasteiger partial charge is 0.264 e. The van der Waals surface area contributed by atoms with Crippen LogP contribution in [-0.2, 0) is 10.0 Å². The third kappa shape index (κ3) is 3.56. The Morgan fingerprint density at radius 2 is 1.62 bits per heavy atom. The Labute approximate surface area is 139 Å². The standard InChI is InChI=1S/C13H9Br2N3O2S/c14-11-5-9(17)6-12(15)13(11)21(19,20)18-10-3-1-8(7-16)2-4-10/h1-6,18H,17H2. The number of sulfonamides is 1. The van der Waals surface area contributed by atoms with Gasteiger partial charge < -0.3 is 5.73 Å². The number of hydrogen-bond donors (Lipinski definition) is 2. The van der Waals surface area contributed by atoms with E-state index in [0.717, 1.165) is 0 Å². The van der Waals surface area contributed by atoms with Crippen molar-refractivity contribution < 1.29 is 8.42 Å². The van der Waals surface area contributed by atoms with Crippen LogP contribution in [0, 0.1) is 11.3 Å². The highest BCUT2D eigenvalue weighted by Gasteiger charge is 2.21. The monoisotopic (exact) mass is 429 g/mol. The molecule has 2 aromatic rings. The predicted molar refractivity (Wildman–Crippen MR) is 88.2 cm³/mol. The van der Waals surface area contributed by atoms with Crippen molar-refractivity contribution in [3.63, 3.8) is 0 Å². The van der Waals surface area contributed by atoms with Crippen molar-refractivity contribution in [2.45, 2.75) is 4.90 Å². The Morgan fingerprint density at radius 3 is 2.10 bits per heavy atom. The zero-order chi connectivity index (χ0) is 15.6. The molecule has 0 saturated heterocycles. The molecule has 0 fully saturated rings. The van der Waals surface area contributed by atoms with Crippen molar-refractivity contribution in [3.8, 4) is 6.07 Å². The molecule has 2 rings (SSSR count). The van der Waals surface area contributed by atoms with Gasteiger partial charge in [-0.05, 0) is 68.3 Å². The molecular formula is C13H9Br2N3O2S. The van der Waals surface area contributed by atoms with Gasteiger partial charge in [0.2, 0.25) is 0 Å². The summed E-state index contributed by atoms with van der Waals surface area (Å²) in [5.41, 5.74) is 6.90. The predicted octanol–water partition coefficient (Wildman–Crippen LogP) is 3.47. The highest BCUT2D eigenvalue weighted by molar-refractivity contribution is 9.11. The molecule has 0 aliphatic rings. The second-order valence-corrected chi connectivity index (χ2v) is 7.44. The fraction of sp³-hybridized carbons (Fsp3) is 0. The molecule has 0 aliphatic carbocycles. The van der Waals surface area contributed by atoms with Crippen molar-refractivity contribution in [3.05, 3.63) is 50.9 Å². The number of nitriles is 1. The van der Waals surface area contributed by atoms with E-state index >= 15 is 0 Å². The lowest BCUT2D eigenvalue weighted by molar-refractivity contribution is 0.600. The molecule has 2 aromatic carbocycles. The molecular weight excluding hydrogens is 422 g/mol. The summed E-state index contributed by atoms with van der Waals surface area (Å²) in [5.74, 6) is 0. The minimum atomic E-state index is -3.79. The van der Waals surface area contributed by atoms with Crippen LogP contribution in [-0.4, -0.2) is 8.42 Å². The van der Waals surface area contributed by atoms with Crippen molar-refractivity contribution in [1.29, 1.82) is 5.26 Å². The molecule has 108 valence electrons. The van der Waals surface area contributed by atoms with E-state index in [4.69, 9.17) is 11.0 Å². The van der Waals surface area contributed by atoms with Crippen LogP contribution in [0.25, 0.3) is 0 Å². The van der Waals surface area contributed by atoms with Crippen LogP contribution < -0.4 is 10.5 Å². The molecule has 0 heterocycles. The van der Waals surface area contributed by atoms with E-state index in [1.165, 1.54) is 36.4 Å². The van der Waals surface area contributed by atoms with Gasteiger partial charge in [-0.1, -0.05) is 0 Å². The number of nitrogens with zero attached hydrogens (tertiary/aromatic N) is 1. The molecule has 0 unspecified atom stereocenters. The zero-order valence-electron chi connectivity index (χ0n) is 10.5. The summed E-state index contributed by atoms with van der Waals surface area (Å²) in [6, 6.07) is 11.1. The molecule has 0 amide bonds. The van der Waals surface area contributed by atoms with Gasteiger partial charge >= 0.3 is 0 Å². The van der Waals surface area contributed by atoms with Gasteiger partial charge in [-0.3, -0.25) is 4.72 Å². The van der Waals surface area contributed by atoms with E-state index in [0.29, 0.717) is 25.9 Å². The number of anilines is 2. The normalized spacial score (nSPS) is 10.9. The van der Waals surface area contributed by atoms with E-state index in [2.05, 4.69) is 36.6 Å². The quantitative estimate of drug-likeness (QED) is 0.728. The third-order valence-corrected chi connectivity index (χ3v) is 5.81. The number of benzene rings is 2. The number of halogens is 2. The summed E-state index contributed by atoms with van der Waals surface area (Å²) in [6.07, 6.45) is 0. The third-order valence-electron chi connectivity index (χ3n) is 2.56. The average molecular weight is 431 g/mol. The minimum absolute atomic E-state index is 0.0565. The minimum Gasteiger partial charge on any atom is -0.399 e. The van der Waals surface area contributed by atoms with Gasteiger partial charge in [0.1, 0.15) is 4.90 Å². The Hall–Kier alpha value is -1.56. The lowest BCUT2D eigenvalue weighted by atomic mass is 10.2. The lowest BCUT2D eigenvalue weighted by Crippen LogP contribution is -2.14. The van der Waals surface area contributed by atoms with Gasteiger partial charge in [-0.15, -0.1) is 0 Å². The van der Waals surface area contributed by atoms with Crippen molar-refractivity contribution in [1.82, 2.24) is 0 Å². The van der Waals surface area contributed by atoms with Gasteiger partial charge in [-0.25, -0.2) is 8.42 Å². The van der Waals surface area contributed by atoms with E-state index in [9.17, 15) is 8.42 Å². The van der Waals surface area contributed by atoms with E-state index in [-0.39, 0.29) is 4.90 Å². The summed E-state index contributed by atoms with van der Waals surface area (Å²) in [4.78, 5) is 0.0565. The molecule has 5 nitrogen and oxygen atoms in total. The van der Waals surface area contributed by atoms with Gasteiger partial charge in [0.05, 0.1) is 11.6 Å². The Bertz CT molecular complexity index is 804. The first-order valence-corrected chi connectivity index (χ1v) is 8.68. The number of nitrogen functional groups attached to an aromatic ring is 1. The summed E-state index contributed by atoms with van der Waals surface area (Å²) >= 11 is 6.40. The lowest BCUT2D eigenvalue weighted by Gasteiger charge is -2.12. The maximum absolute atomic E-state index is 12.4. The Kier molecular flexibility index (Phi) is 4.56. The van der Waals surface area contributed by atoms with Crippen LogP contribution in [0.1, 0.15) is 5.56 Å². The fourth-order valence-electron chi connectivity index (χ4n) is 1.66. The SMILES string of the molecule is N#Cc1ccc(NS(=O)(=O)c2c(Br)cc(N)cc2Br)cc1. The van der Waals surface area contributed by atoms with Crippen LogP contribution in [0.3, 0.4) is 0 Å². The van der Waals surface area contributed by atoms with Crippen LogP contribution >= 0.6 is 31.9 Å². The highest BCUT2D eigenvalue weighted by Crippen LogP contribution is 2.33. The van der Waals surface area contributed by atoms with Crippen molar-refractivity contribution in [2.75, 3.05) is 10.5 Å². The number of nitrogens with one attached hydrogen (secondary N) is 1. The van der Waals surface area contributed by atoms with E-state index < -0.39 is 10.0 Å². The first-order valence-electron chi connectivity index (χ1n) is 5.61. The van der Waals surface area contributed by atoms with Gasteiger partial charge in [0, 0.05) is 20.3 Å². The van der Waals surface area contributed by atoms with Crippen LogP contribution in [0.15, 0.2) is 50.2 Å². The molecule has 21 heavy (non-hydrogen) atoms. The van der Waals surface area contributed by atoms with E-state index in [1.54, 1.807) is 0 Å². The average Bonchev–Trinajstić information content (AvgIpc) is 2.37. The molecule has 8 heteroatoms. The van der Waals surface area contributed by atoms with Gasteiger partial charge in [0.25, 0.3) is 10.0 Å². The second-order valence-electron chi connectivity index (χ2n) is 4.11. The summed E-state index contributed by atoms with van der Waals surface area (Å²) in [6.45, 7) is 0. The maximum Gasteiger partial charge on any atom is 0.264 e. The molecule has 0 saturated carbocycles. The number of rotatable bonds is 3. The maximum atomic E-state index is 12.4. The summed E-state index contributed by atoms with van der Waals surface area (Å²) in [7, 11) is -3.79. The molecule has 0 aliphatic heterocycles. The van der Waals surface area contributed by atoms with E-state index in [1.807, 2.05) is 6.07 Å². The van der Waals surface area contributed by atoms with Gasteiger partial charge in [0.15, 0.2) is 0 Å². The largest absolute Gasteiger partial charge is 0.399 e. The summed E-state index contributed by atoms with van der Waals surface area (Å²) < 4.78 is 28.0. The first kappa shape index (κ1) is 15.8. The van der Waals surface area contributed by atoms with Crippen LogP contribution in [0.4, 0.5) is 11.4 Å². The molecule has 0 spiro atoms. The molecule has 0 radical (unpaired) electrons. The Morgan fingerprint density at radius 1 is 1.10 bits per heavy atom. The zero-order valence-corrected chi connectivity index (χ0v) is 14.5. The highest BCUT2D eigenvalue weighted by atomic mass is 79.9. The van der Waals surface area contributed by atoms with Crippen LogP contribution in [0.5, 0.6) is 0 Å². The first-order chi connectivity index (χ1) is 9.83. The molecule has 0 atom stereocenters. The topological polar surface area (TPSA) is 96.0 Å². The van der Waals surface area contributed by atoms with Gasteiger partial charge in [-0.2, -0.15) is 5.26 Å². The fourth-order valence-corrected chi connectivity index (χ4v) is 5.34.